The highest BCUT2D eigenvalue weighted by Gasteiger charge is 2.10. The smallest absolute Gasteiger partial charge is 0.338 e. The second-order valence-electron chi connectivity index (χ2n) is 5.70. The quantitative estimate of drug-likeness (QED) is 0.709. The van der Waals surface area contributed by atoms with Crippen molar-refractivity contribution in [3.05, 3.63) is 59.7 Å². The van der Waals surface area contributed by atoms with Gasteiger partial charge in [0.2, 0.25) is 0 Å². The molecule has 0 saturated heterocycles. The number of esters is 1. The maximum absolute atomic E-state index is 11.8. The van der Waals surface area contributed by atoms with Crippen LogP contribution in [0.3, 0.4) is 0 Å². The lowest BCUT2D eigenvalue weighted by Crippen LogP contribution is -2.21. The highest BCUT2D eigenvalue weighted by molar-refractivity contribution is 5.90. The summed E-state index contributed by atoms with van der Waals surface area (Å²) in [4.78, 5) is 11.8. The standard InChI is InChI=1S/C20H26N2O2/c1-4-17(13-15-9-11-18(21-3)12-10-15)22-19-8-6-7-16(14-19)20(23)24-5-2/h6-12,14,17,21-22H,4-5,13H2,1-3H3. The summed E-state index contributed by atoms with van der Waals surface area (Å²) in [5.74, 6) is -0.281. The third-order valence-electron chi connectivity index (χ3n) is 3.96. The second kappa shape index (κ2) is 8.96. The van der Waals surface area contributed by atoms with Gasteiger partial charge >= 0.3 is 5.97 Å². The van der Waals surface area contributed by atoms with Gasteiger partial charge in [-0.25, -0.2) is 4.79 Å². The van der Waals surface area contributed by atoms with E-state index in [1.54, 1.807) is 6.07 Å². The van der Waals surface area contributed by atoms with E-state index in [9.17, 15) is 4.79 Å². The van der Waals surface area contributed by atoms with E-state index >= 15 is 0 Å². The molecule has 2 aromatic rings. The minimum atomic E-state index is -0.281. The van der Waals surface area contributed by atoms with Crippen molar-refractivity contribution < 1.29 is 9.53 Å². The molecule has 0 fully saturated rings. The zero-order chi connectivity index (χ0) is 17.4. The number of carbonyl (C=O) groups is 1. The van der Waals surface area contributed by atoms with Gasteiger partial charge < -0.3 is 15.4 Å². The zero-order valence-electron chi connectivity index (χ0n) is 14.6. The van der Waals surface area contributed by atoms with Crippen molar-refractivity contribution in [3.8, 4) is 0 Å². The number of hydrogen-bond donors (Lipinski definition) is 2. The maximum Gasteiger partial charge on any atom is 0.338 e. The van der Waals surface area contributed by atoms with Crippen LogP contribution in [0.15, 0.2) is 48.5 Å². The van der Waals surface area contributed by atoms with Crippen LogP contribution in [0.25, 0.3) is 0 Å². The molecule has 0 spiro atoms. The molecule has 4 heteroatoms. The Labute approximate surface area is 144 Å². The molecule has 4 nitrogen and oxygen atoms in total. The van der Waals surface area contributed by atoms with E-state index in [0.29, 0.717) is 18.2 Å². The fraction of sp³-hybridized carbons (Fsp3) is 0.350. The van der Waals surface area contributed by atoms with Crippen LogP contribution >= 0.6 is 0 Å². The highest BCUT2D eigenvalue weighted by Crippen LogP contribution is 2.17. The van der Waals surface area contributed by atoms with Crippen LogP contribution in [0.4, 0.5) is 11.4 Å². The number of rotatable bonds is 8. The first kappa shape index (κ1) is 17.9. The molecule has 2 aromatic carbocycles. The fourth-order valence-corrected chi connectivity index (χ4v) is 2.58. The average molecular weight is 326 g/mol. The first-order valence-electron chi connectivity index (χ1n) is 8.46. The molecular formula is C20H26N2O2. The van der Waals surface area contributed by atoms with Crippen LogP contribution in [0, 0.1) is 0 Å². The SMILES string of the molecule is CCOC(=O)c1cccc(NC(CC)Cc2ccc(NC)cc2)c1. The number of nitrogens with one attached hydrogen (secondary N) is 2. The summed E-state index contributed by atoms with van der Waals surface area (Å²) in [6.45, 7) is 4.36. The number of ether oxygens (including phenoxy) is 1. The molecule has 0 aliphatic rings. The molecule has 0 bridgehead atoms. The molecule has 0 radical (unpaired) electrons. The number of benzene rings is 2. The van der Waals surface area contributed by atoms with Gasteiger partial charge in [-0.3, -0.25) is 0 Å². The Morgan fingerprint density at radius 2 is 1.83 bits per heavy atom. The van der Waals surface area contributed by atoms with Gasteiger partial charge in [0.25, 0.3) is 0 Å². The van der Waals surface area contributed by atoms with Crippen molar-refractivity contribution in [1.82, 2.24) is 0 Å². The minimum Gasteiger partial charge on any atom is -0.462 e. The van der Waals surface area contributed by atoms with Crippen LogP contribution in [0.1, 0.15) is 36.2 Å². The summed E-state index contributed by atoms with van der Waals surface area (Å²) < 4.78 is 5.06. The van der Waals surface area contributed by atoms with E-state index in [1.165, 1.54) is 5.56 Å². The Kier molecular flexibility index (Phi) is 6.67. The van der Waals surface area contributed by atoms with Crippen molar-refractivity contribution in [2.45, 2.75) is 32.7 Å². The number of hydrogen-bond acceptors (Lipinski definition) is 4. The Hall–Kier alpha value is -2.49. The third-order valence-corrected chi connectivity index (χ3v) is 3.96. The maximum atomic E-state index is 11.8. The Morgan fingerprint density at radius 1 is 1.08 bits per heavy atom. The molecule has 2 rings (SSSR count). The summed E-state index contributed by atoms with van der Waals surface area (Å²) in [6.07, 6.45) is 1.93. The lowest BCUT2D eigenvalue weighted by molar-refractivity contribution is 0.0526. The van der Waals surface area contributed by atoms with Gasteiger partial charge in [-0.15, -0.1) is 0 Å². The Balaban J connectivity index is 2.03. The molecule has 2 N–H and O–H groups in total. The first-order valence-corrected chi connectivity index (χ1v) is 8.46. The van der Waals surface area contributed by atoms with Gasteiger partial charge in [-0.2, -0.15) is 0 Å². The molecule has 0 aromatic heterocycles. The topological polar surface area (TPSA) is 50.4 Å². The van der Waals surface area contributed by atoms with Gasteiger partial charge in [-0.05, 0) is 55.7 Å². The van der Waals surface area contributed by atoms with Gasteiger partial charge in [0.1, 0.15) is 0 Å². The van der Waals surface area contributed by atoms with Crippen LogP contribution < -0.4 is 10.6 Å². The van der Waals surface area contributed by atoms with Crippen LogP contribution in [-0.2, 0) is 11.2 Å². The monoisotopic (exact) mass is 326 g/mol. The van der Waals surface area contributed by atoms with E-state index in [1.807, 2.05) is 32.2 Å². The van der Waals surface area contributed by atoms with Crippen LogP contribution in [0.2, 0.25) is 0 Å². The summed E-state index contributed by atoms with van der Waals surface area (Å²) in [5, 5.41) is 6.65. The fourth-order valence-electron chi connectivity index (χ4n) is 2.58. The number of carbonyl (C=O) groups excluding carboxylic acids is 1. The highest BCUT2D eigenvalue weighted by atomic mass is 16.5. The minimum absolute atomic E-state index is 0.281. The van der Waals surface area contributed by atoms with Gasteiger partial charge in [0, 0.05) is 24.5 Å². The molecular weight excluding hydrogens is 300 g/mol. The molecule has 1 atom stereocenters. The van der Waals surface area contributed by atoms with Crippen molar-refractivity contribution in [1.29, 1.82) is 0 Å². The Morgan fingerprint density at radius 3 is 2.46 bits per heavy atom. The average Bonchev–Trinajstić information content (AvgIpc) is 2.62. The molecule has 0 amide bonds. The van der Waals surface area contributed by atoms with E-state index in [-0.39, 0.29) is 5.97 Å². The van der Waals surface area contributed by atoms with Crippen molar-refractivity contribution >= 4 is 17.3 Å². The van der Waals surface area contributed by atoms with Crippen LogP contribution in [-0.4, -0.2) is 25.7 Å². The Bertz CT molecular complexity index is 653. The first-order chi connectivity index (χ1) is 11.7. The number of anilines is 2. The molecule has 128 valence electrons. The van der Waals surface area contributed by atoms with Crippen LogP contribution in [0.5, 0.6) is 0 Å². The predicted molar refractivity (Wildman–Crippen MR) is 99.8 cm³/mol. The molecule has 0 heterocycles. The van der Waals surface area contributed by atoms with E-state index in [0.717, 1.165) is 24.2 Å². The molecule has 0 aliphatic heterocycles. The molecule has 0 saturated carbocycles. The third kappa shape index (κ3) is 5.01. The summed E-state index contributed by atoms with van der Waals surface area (Å²) in [6, 6.07) is 16.3. The van der Waals surface area contributed by atoms with E-state index < -0.39 is 0 Å². The van der Waals surface area contributed by atoms with E-state index in [4.69, 9.17) is 4.74 Å². The summed E-state index contributed by atoms with van der Waals surface area (Å²) in [5.41, 5.74) is 3.92. The van der Waals surface area contributed by atoms with Gasteiger partial charge in [0.15, 0.2) is 0 Å². The molecule has 0 aliphatic carbocycles. The van der Waals surface area contributed by atoms with Gasteiger partial charge in [-0.1, -0.05) is 25.1 Å². The van der Waals surface area contributed by atoms with E-state index in [2.05, 4.69) is 41.8 Å². The predicted octanol–water partition coefficient (Wildman–Crippen LogP) is 4.34. The lowest BCUT2D eigenvalue weighted by atomic mass is 10.0. The van der Waals surface area contributed by atoms with Crippen molar-refractivity contribution in [3.63, 3.8) is 0 Å². The summed E-state index contributed by atoms with van der Waals surface area (Å²) >= 11 is 0. The lowest BCUT2D eigenvalue weighted by Gasteiger charge is -2.19. The van der Waals surface area contributed by atoms with Crippen molar-refractivity contribution in [2.24, 2.45) is 0 Å². The summed E-state index contributed by atoms with van der Waals surface area (Å²) in [7, 11) is 1.92. The van der Waals surface area contributed by atoms with Gasteiger partial charge in [0.05, 0.1) is 12.2 Å². The molecule has 24 heavy (non-hydrogen) atoms. The zero-order valence-corrected chi connectivity index (χ0v) is 14.6. The normalized spacial score (nSPS) is 11.6. The second-order valence-corrected chi connectivity index (χ2v) is 5.70. The van der Waals surface area contributed by atoms with Crippen molar-refractivity contribution in [2.75, 3.05) is 24.3 Å². The largest absolute Gasteiger partial charge is 0.462 e. The molecule has 1 unspecified atom stereocenters.